The van der Waals surface area contributed by atoms with E-state index in [4.69, 9.17) is 16.3 Å². The van der Waals surface area contributed by atoms with Crippen LogP contribution >= 0.6 is 11.6 Å². The molecule has 0 saturated carbocycles. The lowest BCUT2D eigenvalue weighted by Crippen LogP contribution is -2.28. The lowest BCUT2D eigenvalue weighted by molar-refractivity contribution is 0.0947. The van der Waals surface area contributed by atoms with Gasteiger partial charge in [-0.3, -0.25) is 9.52 Å². The number of anilines is 1. The molecule has 2 N–H and O–H groups in total. The van der Waals surface area contributed by atoms with Gasteiger partial charge in [0.15, 0.2) is 0 Å². The molecule has 8 heteroatoms. The minimum atomic E-state index is -3.69. The average Bonchev–Trinajstić information content (AvgIpc) is 2.73. The topological polar surface area (TPSA) is 84.5 Å². The number of halogens is 1. The number of carbonyl (C=O) groups is 1. The molecule has 1 amide bonds. The summed E-state index contributed by atoms with van der Waals surface area (Å²) in [5.41, 5.74) is 1.75. The molecule has 0 atom stereocenters. The highest BCUT2D eigenvalue weighted by molar-refractivity contribution is 7.92. The molecule has 0 aliphatic rings. The first-order chi connectivity index (χ1) is 14.3. The minimum Gasteiger partial charge on any atom is -0.490 e. The third-order valence-corrected chi connectivity index (χ3v) is 5.92. The van der Waals surface area contributed by atoms with E-state index in [9.17, 15) is 13.2 Å². The van der Waals surface area contributed by atoms with Crippen LogP contribution in [0, 0.1) is 6.92 Å². The van der Waals surface area contributed by atoms with Gasteiger partial charge in [0.25, 0.3) is 15.9 Å². The first-order valence-electron chi connectivity index (χ1n) is 9.20. The molecular formula is C22H21ClN2O4S. The van der Waals surface area contributed by atoms with Crippen LogP contribution in [0.1, 0.15) is 15.9 Å². The maximum Gasteiger partial charge on any atom is 0.261 e. The van der Waals surface area contributed by atoms with Gasteiger partial charge in [0.1, 0.15) is 12.4 Å². The van der Waals surface area contributed by atoms with Crippen LogP contribution in [0.15, 0.2) is 77.7 Å². The molecular weight excluding hydrogens is 424 g/mol. The Morgan fingerprint density at radius 3 is 2.30 bits per heavy atom. The molecule has 156 valence electrons. The van der Waals surface area contributed by atoms with Gasteiger partial charge in [0, 0.05) is 11.3 Å². The van der Waals surface area contributed by atoms with Gasteiger partial charge >= 0.3 is 0 Å². The van der Waals surface area contributed by atoms with E-state index in [0.717, 1.165) is 5.56 Å². The second-order valence-electron chi connectivity index (χ2n) is 6.53. The summed E-state index contributed by atoms with van der Waals surface area (Å²) < 4.78 is 32.9. The Hall–Kier alpha value is -3.03. The minimum absolute atomic E-state index is 0.174. The van der Waals surface area contributed by atoms with Crippen molar-refractivity contribution in [2.24, 2.45) is 0 Å². The standard InChI is InChI=1S/C22H21ClN2O4S/c1-16-6-12-19(13-7-16)30(27,28)25-18-10-8-17(9-11-18)22(26)24-14-15-29-21-5-3-2-4-20(21)23/h2-13,25H,14-15H2,1H3,(H,24,26). The highest BCUT2D eigenvalue weighted by Crippen LogP contribution is 2.22. The summed E-state index contributed by atoms with van der Waals surface area (Å²) in [4.78, 5) is 12.4. The van der Waals surface area contributed by atoms with Crippen molar-refractivity contribution in [3.63, 3.8) is 0 Å². The van der Waals surface area contributed by atoms with Gasteiger partial charge in [-0.1, -0.05) is 41.4 Å². The molecule has 0 fully saturated rings. The van der Waals surface area contributed by atoms with Crippen LogP contribution in [0.2, 0.25) is 5.02 Å². The molecule has 0 spiro atoms. The fourth-order valence-corrected chi connectivity index (χ4v) is 3.86. The number of hydrogen-bond donors (Lipinski definition) is 2. The van der Waals surface area contributed by atoms with Crippen molar-refractivity contribution in [2.75, 3.05) is 17.9 Å². The number of para-hydroxylation sites is 1. The summed E-state index contributed by atoms with van der Waals surface area (Å²) in [6.45, 7) is 2.45. The molecule has 0 bridgehead atoms. The fourth-order valence-electron chi connectivity index (χ4n) is 2.61. The molecule has 0 aromatic heterocycles. The molecule has 0 saturated heterocycles. The van der Waals surface area contributed by atoms with Crippen molar-refractivity contribution in [2.45, 2.75) is 11.8 Å². The van der Waals surface area contributed by atoms with Gasteiger partial charge in [-0.05, 0) is 55.5 Å². The summed E-state index contributed by atoms with van der Waals surface area (Å²) in [6.07, 6.45) is 0. The SMILES string of the molecule is Cc1ccc(S(=O)(=O)Nc2ccc(C(=O)NCCOc3ccccc3Cl)cc2)cc1. The van der Waals surface area contributed by atoms with Gasteiger partial charge < -0.3 is 10.1 Å². The summed E-state index contributed by atoms with van der Waals surface area (Å²) in [5, 5.41) is 3.25. The number of nitrogens with one attached hydrogen (secondary N) is 2. The Balaban J connectivity index is 1.52. The van der Waals surface area contributed by atoms with Gasteiger partial charge in [0.2, 0.25) is 0 Å². The van der Waals surface area contributed by atoms with Gasteiger partial charge in [0.05, 0.1) is 16.5 Å². The lowest BCUT2D eigenvalue weighted by Gasteiger charge is -2.10. The predicted octanol–water partition coefficient (Wildman–Crippen LogP) is 4.26. The van der Waals surface area contributed by atoms with Crippen LogP contribution in [0.5, 0.6) is 5.75 Å². The summed E-state index contributed by atoms with van der Waals surface area (Å²) >= 11 is 6.01. The third-order valence-electron chi connectivity index (χ3n) is 4.21. The number of aryl methyl sites for hydroxylation is 1. The zero-order valence-corrected chi connectivity index (χ0v) is 17.8. The van der Waals surface area contributed by atoms with Crippen molar-refractivity contribution in [3.8, 4) is 5.75 Å². The number of amides is 1. The summed E-state index contributed by atoms with van der Waals surface area (Å²) in [7, 11) is -3.69. The Kier molecular flexibility index (Phi) is 6.97. The second-order valence-corrected chi connectivity index (χ2v) is 8.62. The normalized spacial score (nSPS) is 11.0. The summed E-state index contributed by atoms with van der Waals surface area (Å²) in [5.74, 6) is 0.268. The Morgan fingerprint density at radius 1 is 0.967 bits per heavy atom. The molecule has 0 radical (unpaired) electrons. The molecule has 3 aromatic rings. The van der Waals surface area contributed by atoms with E-state index in [0.29, 0.717) is 28.6 Å². The smallest absolute Gasteiger partial charge is 0.261 e. The van der Waals surface area contributed by atoms with Crippen molar-refractivity contribution < 1.29 is 17.9 Å². The number of carbonyl (C=O) groups excluding carboxylic acids is 1. The van der Waals surface area contributed by atoms with E-state index in [1.54, 1.807) is 60.7 Å². The van der Waals surface area contributed by atoms with Crippen molar-refractivity contribution in [1.82, 2.24) is 5.32 Å². The molecule has 0 heterocycles. The Morgan fingerprint density at radius 2 is 1.63 bits per heavy atom. The second kappa shape index (κ2) is 9.65. The van der Waals surface area contributed by atoms with E-state index in [1.807, 2.05) is 19.1 Å². The highest BCUT2D eigenvalue weighted by atomic mass is 35.5. The van der Waals surface area contributed by atoms with E-state index >= 15 is 0 Å². The van der Waals surface area contributed by atoms with Gasteiger partial charge in [-0.2, -0.15) is 0 Å². The number of benzene rings is 3. The van der Waals surface area contributed by atoms with Crippen molar-refractivity contribution >= 4 is 33.2 Å². The molecule has 30 heavy (non-hydrogen) atoms. The first kappa shape index (κ1) is 21.7. The molecule has 0 aliphatic carbocycles. The lowest BCUT2D eigenvalue weighted by atomic mass is 10.2. The van der Waals surface area contributed by atoms with Crippen LogP contribution in [-0.2, 0) is 10.0 Å². The van der Waals surface area contributed by atoms with Gasteiger partial charge in [-0.15, -0.1) is 0 Å². The summed E-state index contributed by atoms with van der Waals surface area (Å²) in [6, 6.07) is 19.8. The van der Waals surface area contributed by atoms with E-state index < -0.39 is 10.0 Å². The number of hydrogen-bond acceptors (Lipinski definition) is 4. The molecule has 0 unspecified atom stereocenters. The largest absolute Gasteiger partial charge is 0.490 e. The predicted molar refractivity (Wildman–Crippen MR) is 118 cm³/mol. The van der Waals surface area contributed by atoms with Gasteiger partial charge in [-0.25, -0.2) is 8.42 Å². The van der Waals surface area contributed by atoms with E-state index in [-0.39, 0.29) is 17.4 Å². The van der Waals surface area contributed by atoms with Crippen molar-refractivity contribution in [3.05, 3.63) is 88.9 Å². The van der Waals surface area contributed by atoms with Crippen LogP contribution in [0.3, 0.4) is 0 Å². The molecule has 3 aromatic carbocycles. The van der Waals surface area contributed by atoms with E-state index in [2.05, 4.69) is 10.0 Å². The monoisotopic (exact) mass is 444 g/mol. The van der Waals surface area contributed by atoms with Crippen molar-refractivity contribution in [1.29, 1.82) is 0 Å². The number of ether oxygens (including phenoxy) is 1. The maximum atomic E-state index is 12.4. The zero-order valence-electron chi connectivity index (χ0n) is 16.3. The fraction of sp³-hybridized carbons (Fsp3) is 0.136. The number of rotatable bonds is 8. The quantitative estimate of drug-likeness (QED) is 0.508. The first-order valence-corrected chi connectivity index (χ1v) is 11.1. The maximum absolute atomic E-state index is 12.4. The van der Waals surface area contributed by atoms with Crippen LogP contribution in [0.25, 0.3) is 0 Å². The highest BCUT2D eigenvalue weighted by Gasteiger charge is 2.14. The number of sulfonamides is 1. The van der Waals surface area contributed by atoms with Crippen LogP contribution in [0.4, 0.5) is 5.69 Å². The molecule has 0 aliphatic heterocycles. The molecule has 6 nitrogen and oxygen atoms in total. The Bertz CT molecular complexity index is 1110. The average molecular weight is 445 g/mol. The third kappa shape index (κ3) is 5.75. The van der Waals surface area contributed by atoms with Crippen LogP contribution in [-0.4, -0.2) is 27.5 Å². The molecule has 3 rings (SSSR count). The Labute approximate surface area is 180 Å². The zero-order chi connectivity index (χ0) is 21.6. The van der Waals surface area contributed by atoms with E-state index in [1.165, 1.54) is 0 Å². The van der Waals surface area contributed by atoms with Crippen LogP contribution < -0.4 is 14.8 Å².